The van der Waals surface area contributed by atoms with Crippen molar-refractivity contribution in [2.75, 3.05) is 18.1 Å². The average Bonchev–Trinajstić information content (AvgIpc) is 2.30. The number of hydrogen-bond acceptors (Lipinski definition) is 3. The van der Waals surface area contributed by atoms with Gasteiger partial charge in [0.2, 0.25) is 0 Å². The molecule has 3 heteroatoms. The van der Waals surface area contributed by atoms with E-state index < -0.39 is 0 Å². The number of rotatable bonds is 3. The van der Waals surface area contributed by atoms with Gasteiger partial charge in [-0.1, -0.05) is 17.7 Å². The molecule has 3 nitrogen and oxygen atoms in total. The molecule has 1 heterocycles. The van der Waals surface area contributed by atoms with E-state index in [9.17, 15) is 0 Å². The van der Waals surface area contributed by atoms with Gasteiger partial charge in [-0.15, -0.1) is 0 Å². The molecule has 0 amide bonds. The lowest BCUT2D eigenvalue weighted by molar-refractivity contribution is 0.114. The molecule has 1 aliphatic heterocycles. The predicted molar refractivity (Wildman–Crippen MR) is 75.8 cm³/mol. The molecule has 0 spiro atoms. The van der Waals surface area contributed by atoms with Crippen molar-refractivity contribution in [1.82, 2.24) is 0 Å². The highest BCUT2D eigenvalue weighted by Crippen LogP contribution is 2.31. The Morgan fingerprint density at radius 3 is 2.50 bits per heavy atom. The van der Waals surface area contributed by atoms with E-state index in [-0.39, 0.29) is 0 Å². The molecular formula is C15H24N2O. The topological polar surface area (TPSA) is 38.5 Å². The number of piperidine rings is 1. The first-order valence-corrected chi connectivity index (χ1v) is 6.79. The highest BCUT2D eigenvalue weighted by Gasteiger charge is 2.25. The van der Waals surface area contributed by atoms with Crippen LogP contribution in [0.15, 0.2) is 12.1 Å². The third-order valence-electron chi connectivity index (χ3n) is 3.84. The maximum Gasteiger partial charge on any atom is 0.0882 e. The second kappa shape index (κ2) is 5.72. The van der Waals surface area contributed by atoms with Crippen LogP contribution in [0.25, 0.3) is 0 Å². The molecule has 2 rings (SSSR count). The van der Waals surface area contributed by atoms with Gasteiger partial charge in [0, 0.05) is 12.2 Å². The fourth-order valence-electron chi connectivity index (χ4n) is 3.20. The van der Waals surface area contributed by atoms with Gasteiger partial charge in [-0.2, -0.15) is 0 Å². The lowest BCUT2D eigenvalue weighted by Crippen LogP contribution is -2.43. The van der Waals surface area contributed by atoms with Gasteiger partial charge in [0.05, 0.1) is 12.6 Å². The monoisotopic (exact) mass is 248 g/mol. The summed E-state index contributed by atoms with van der Waals surface area (Å²) in [5, 5.41) is 0. The maximum absolute atomic E-state index is 5.27. The summed E-state index contributed by atoms with van der Waals surface area (Å²) in [6.07, 6.45) is 3.70. The molecule has 0 bridgehead atoms. The van der Waals surface area contributed by atoms with Crippen molar-refractivity contribution >= 4 is 5.69 Å². The van der Waals surface area contributed by atoms with Crippen LogP contribution in [-0.4, -0.2) is 19.2 Å². The molecule has 100 valence electrons. The first-order chi connectivity index (χ1) is 8.63. The van der Waals surface area contributed by atoms with Crippen molar-refractivity contribution in [3.63, 3.8) is 0 Å². The van der Waals surface area contributed by atoms with Gasteiger partial charge in [0.1, 0.15) is 0 Å². The smallest absolute Gasteiger partial charge is 0.0882 e. The lowest BCUT2D eigenvalue weighted by Gasteiger charge is -2.39. The predicted octanol–water partition coefficient (Wildman–Crippen LogP) is 2.86. The highest BCUT2D eigenvalue weighted by atomic mass is 16.6. The van der Waals surface area contributed by atoms with Crippen LogP contribution in [0.2, 0.25) is 0 Å². The zero-order valence-electron chi connectivity index (χ0n) is 11.7. The summed E-state index contributed by atoms with van der Waals surface area (Å²) < 4.78 is 0. The minimum Gasteiger partial charge on any atom is -0.366 e. The summed E-state index contributed by atoms with van der Waals surface area (Å²) in [6, 6.07) is 4.94. The van der Waals surface area contributed by atoms with Crippen molar-refractivity contribution in [1.29, 1.82) is 0 Å². The van der Waals surface area contributed by atoms with E-state index >= 15 is 0 Å². The summed E-state index contributed by atoms with van der Waals surface area (Å²) in [4.78, 5) is 7.38. The Balaban J connectivity index is 2.33. The minimum atomic E-state index is 0.420. The second-order valence-electron chi connectivity index (χ2n) is 5.42. The summed E-state index contributed by atoms with van der Waals surface area (Å²) >= 11 is 0. The molecule has 1 saturated heterocycles. The largest absolute Gasteiger partial charge is 0.366 e. The van der Waals surface area contributed by atoms with Crippen LogP contribution in [0.3, 0.4) is 0 Å². The van der Waals surface area contributed by atoms with Crippen molar-refractivity contribution in [2.24, 2.45) is 5.90 Å². The summed E-state index contributed by atoms with van der Waals surface area (Å²) in [5.74, 6) is 5.27. The molecule has 1 aromatic rings. The van der Waals surface area contributed by atoms with E-state index in [1.165, 1.54) is 41.6 Å². The molecule has 1 fully saturated rings. The van der Waals surface area contributed by atoms with Crippen molar-refractivity contribution in [3.8, 4) is 0 Å². The number of hydrogen-bond donors (Lipinski definition) is 1. The zero-order valence-corrected chi connectivity index (χ0v) is 11.7. The molecule has 18 heavy (non-hydrogen) atoms. The zero-order chi connectivity index (χ0) is 13.1. The third-order valence-corrected chi connectivity index (χ3v) is 3.84. The number of anilines is 1. The molecule has 1 unspecified atom stereocenters. The molecule has 1 aromatic carbocycles. The molecule has 1 aliphatic rings. The van der Waals surface area contributed by atoms with Crippen molar-refractivity contribution in [3.05, 3.63) is 28.8 Å². The van der Waals surface area contributed by atoms with Crippen LogP contribution < -0.4 is 10.8 Å². The van der Waals surface area contributed by atoms with Gasteiger partial charge in [-0.25, -0.2) is 5.90 Å². The minimum absolute atomic E-state index is 0.420. The number of aryl methyl sites for hydroxylation is 3. The van der Waals surface area contributed by atoms with Gasteiger partial charge < -0.3 is 9.74 Å². The van der Waals surface area contributed by atoms with Crippen LogP contribution in [-0.2, 0) is 4.84 Å². The molecule has 2 N–H and O–H groups in total. The Morgan fingerprint density at radius 2 is 1.89 bits per heavy atom. The fourth-order valence-corrected chi connectivity index (χ4v) is 3.20. The molecule has 0 radical (unpaired) electrons. The van der Waals surface area contributed by atoms with Crippen molar-refractivity contribution < 1.29 is 4.84 Å². The number of benzene rings is 1. The van der Waals surface area contributed by atoms with Crippen LogP contribution in [0.4, 0.5) is 5.69 Å². The van der Waals surface area contributed by atoms with Gasteiger partial charge >= 0.3 is 0 Å². The van der Waals surface area contributed by atoms with E-state index in [4.69, 9.17) is 10.7 Å². The Labute approximate surface area is 110 Å². The fraction of sp³-hybridized carbons (Fsp3) is 0.600. The van der Waals surface area contributed by atoms with Gasteiger partial charge in [-0.3, -0.25) is 0 Å². The Kier molecular flexibility index (Phi) is 4.25. The second-order valence-corrected chi connectivity index (χ2v) is 5.42. The van der Waals surface area contributed by atoms with Crippen LogP contribution >= 0.6 is 0 Å². The highest BCUT2D eigenvalue weighted by molar-refractivity contribution is 5.61. The average molecular weight is 248 g/mol. The first kappa shape index (κ1) is 13.4. The third kappa shape index (κ3) is 2.68. The van der Waals surface area contributed by atoms with E-state index in [0.717, 1.165) is 6.54 Å². The molecular weight excluding hydrogens is 224 g/mol. The number of nitrogens with zero attached hydrogens (tertiary/aromatic N) is 1. The van der Waals surface area contributed by atoms with Crippen LogP contribution in [0, 0.1) is 20.8 Å². The molecule has 0 saturated carbocycles. The van der Waals surface area contributed by atoms with E-state index in [2.05, 4.69) is 37.8 Å². The SMILES string of the molecule is Cc1cc(C)c(N2CCCCC2CON)c(C)c1. The van der Waals surface area contributed by atoms with Crippen molar-refractivity contribution in [2.45, 2.75) is 46.1 Å². The van der Waals surface area contributed by atoms with Crippen LogP contribution in [0.1, 0.15) is 36.0 Å². The normalized spacial score (nSPS) is 20.2. The van der Waals surface area contributed by atoms with E-state index in [0.29, 0.717) is 12.6 Å². The lowest BCUT2D eigenvalue weighted by atomic mass is 9.97. The van der Waals surface area contributed by atoms with Crippen LogP contribution in [0.5, 0.6) is 0 Å². The quantitative estimate of drug-likeness (QED) is 0.836. The Morgan fingerprint density at radius 1 is 1.22 bits per heavy atom. The molecule has 0 aromatic heterocycles. The van der Waals surface area contributed by atoms with Gasteiger partial charge in [0.15, 0.2) is 0 Å². The Bertz CT molecular complexity index is 392. The summed E-state index contributed by atoms with van der Waals surface area (Å²) in [5.41, 5.74) is 5.42. The Hall–Kier alpha value is -1.06. The van der Waals surface area contributed by atoms with Gasteiger partial charge in [-0.05, 0) is 51.2 Å². The van der Waals surface area contributed by atoms with E-state index in [1.807, 2.05) is 0 Å². The summed E-state index contributed by atoms with van der Waals surface area (Å²) in [7, 11) is 0. The summed E-state index contributed by atoms with van der Waals surface area (Å²) in [6.45, 7) is 8.28. The number of nitrogens with two attached hydrogens (primary N) is 1. The van der Waals surface area contributed by atoms with Gasteiger partial charge in [0.25, 0.3) is 0 Å². The molecule has 1 atom stereocenters. The van der Waals surface area contributed by atoms with E-state index in [1.54, 1.807) is 0 Å². The first-order valence-electron chi connectivity index (χ1n) is 6.79. The maximum atomic E-state index is 5.27. The standard InChI is InChI=1S/C15H24N2O/c1-11-8-12(2)15(13(3)9-11)17-7-5-4-6-14(17)10-18-16/h8-9,14H,4-7,10,16H2,1-3H3. The molecule has 0 aliphatic carbocycles.